The lowest BCUT2D eigenvalue weighted by atomic mass is 9.99. The van der Waals surface area contributed by atoms with Crippen LogP contribution in [0.25, 0.3) is 5.69 Å². The molecule has 122 valence electrons. The Morgan fingerprint density at radius 1 is 1.30 bits per heavy atom. The third kappa shape index (κ3) is 3.76. The first kappa shape index (κ1) is 15.7. The van der Waals surface area contributed by atoms with Crippen LogP contribution in [0.15, 0.2) is 36.5 Å². The maximum absolute atomic E-state index is 12.9. The number of hydrogen-bond donors (Lipinski definition) is 1. The minimum Gasteiger partial charge on any atom is -0.396 e. The van der Waals surface area contributed by atoms with E-state index in [9.17, 15) is 14.3 Å². The number of benzene rings is 1. The molecule has 0 radical (unpaired) electrons. The first-order valence-electron chi connectivity index (χ1n) is 7.85. The monoisotopic (exact) mass is 317 g/mol. The summed E-state index contributed by atoms with van der Waals surface area (Å²) >= 11 is 0. The molecule has 1 aliphatic heterocycles. The fourth-order valence-corrected chi connectivity index (χ4v) is 2.90. The van der Waals surface area contributed by atoms with E-state index in [1.54, 1.807) is 34.0 Å². The highest BCUT2D eigenvalue weighted by molar-refractivity contribution is 5.78. The van der Waals surface area contributed by atoms with Crippen LogP contribution in [0.5, 0.6) is 0 Å². The fraction of sp³-hybridized carbons (Fsp3) is 0.412. The summed E-state index contributed by atoms with van der Waals surface area (Å²) in [6.45, 7) is 1.49. The van der Waals surface area contributed by atoms with Crippen molar-refractivity contribution in [3.05, 3.63) is 48.0 Å². The topological polar surface area (TPSA) is 58.4 Å². The predicted molar refractivity (Wildman–Crippen MR) is 83.6 cm³/mol. The lowest BCUT2D eigenvalue weighted by Crippen LogP contribution is -2.41. The van der Waals surface area contributed by atoms with E-state index in [0.29, 0.717) is 12.2 Å². The summed E-state index contributed by atoms with van der Waals surface area (Å²) in [6, 6.07) is 7.85. The number of nitrogens with zero attached hydrogens (tertiary/aromatic N) is 3. The molecule has 0 spiro atoms. The second-order valence-electron chi connectivity index (χ2n) is 5.94. The second-order valence-corrected chi connectivity index (χ2v) is 5.94. The van der Waals surface area contributed by atoms with Crippen LogP contribution in [0.3, 0.4) is 0 Å². The Morgan fingerprint density at radius 2 is 2.09 bits per heavy atom. The van der Waals surface area contributed by atoms with E-state index in [4.69, 9.17) is 0 Å². The molecule has 0 aliphatic carbocycles. The van der Waals surface area contributed by atoms with Crippen molar-refractivity contribution in [1.29, 1.82) is 0 Å². The van der Waals surface area contributed by atoms with Crippen LogP contribution in [-0.2, 0) is 11.2 Å². The van der Waals surface area contributed by atoms with Gasteiger partial charge < -0.3 is 10.0 Å². The molecule has 2 aromatic rings. The highest BCUT2D eigenvalue weighted by Crippen LogP contribution is 2.17. The molecule has 6 heteroatoms. The van der Waals surface area contributed by atoms with Gasteiger partial charge in [-0.1, -0.05) is 0 Å². The van der Waals surface area contributed by atoms with Gasteiger partial charge in [0, 0.05) is 25.9 Å². The van der Waals surface area contributed by atoms with Crippen molar-refractivity contribution < 1.29 is 14.3 Å². The third-order valence-corrected chi connectivity index (χ3v) is 4.20. The first-order valence-corrected chi connectivity index (χ1v) is 7.85. The zero-order valence-corrected chi connectivity index (χ0v) is 12.9. The molecular formula is C17H20FN3O2. The molecule has 1 aromatic heterocycles. The lowest BCUT2D eigenvalue weighted by Gasteiger charge is -2.31. The minimum atomic E-state index is -0.292. The Hall–Kier alpha value is -2.21. The van der Waals surface area contributed by atoms with Crippen LogP contribution in [0.1, 0.15) is 18.5 Å². The molecule has 1 aliphatic rings. The van der Waals surface area contributed by atoms with Crippen LogP contribution in [0, 0.1) is 11.7 Å². The van der Waals surface area contributed by atoms with Crippen molar-refractivity contribution in [1.82, 2.24) is 14.7 Å². The molecule has 1 atom stereocenters. The van der Waals surface area contributed by atoms with Gasteiger partial charge in [-0.2, -0.15) is 5.10 Å². The normalized spacial score (nSPS) is 18.2. The van der Waals surface area contributed by atoms with E-state index in [1.807, 2.05) is 0 Å². The van der Waals surface area contributed by atoms with Crippen LogP contribution in [-0.4, -0.2) is 45.4 Å². The lowest BCUT2D eigenvalue weighted by molar-refractivity contribution is -0.132. The average Bonchev–Trinajstić information content (AvgIpc) is 3.04. The van der Waals surface area contributed by atoms with E-state index in [0.717, 1.165) is 25.1 Å². The number of carbonyl (C=O) groups is 1. The van der Waals surface area contributed by atoms with Crippen molar-refractivity contribution >= 4 is 5.91 Å². The first-order chi connectivity index (χ1) is 11.2. The average molecular weight is 317 g/mol. The molecule has 2 heterocycles. The van der Waals surface area contributed by atoms with Gasteiger partial charge in [0.2, 0.25) is 5.91 Å². The van der Waals surface area contributed by atoms with Gasteiger partial charge in [0.1, 0.15) is 5.82 Å². The Bertz CT molecular complexity index is 669. The number of rotatable bonds is 4. The Kier molecular flexibility index (Phi) is 4.71. The summed E-state index contributed by atoms with van der Waals surface area (Å²) in [4.78, 5) is 14.2. The van der Waals surface area contributed by atoms with Gasteiger partial charge >= 0.3 is 0 Å². The summed E-state index contributed by atoms with van der Waals surface area (Å²) in [7, 11) is 0. The van der Waals surface area contributed by atoms with Gasteiger partial charge in [-0.15, -0.1) is 0 Å². The molecule has 1 saturated heterocycles. The number of halogens is 1. The summed E-state index contributed by atoms with van der Waals surface area (Å²) in [5.41, 5.74) is 1.44. The number of amides is 1. The molecule has 1 aromatic carbocycles. The summed E-state index contributed by atoms with van der Waals surface area (Å²) < 4.78 is 14.6. The van der Waals surface area contributed by atoms with Crippen molar-refractivity contribution in [2.75, 3.05) is 19.7 Å². The molecule has 1 unspecified atom stereocenters. The van der Waals surface area contributed by atoms with Crippen molar-refractivity contribution in [2.24, 2.45) is 5.92 Å². The van der Waals surface area contributed by atoms with Gasteiger partial charge in [-0.3, -0.25) is 4.79 Å². The Labute approximate surface area is 134 Å². The number of aromatic nitrogens is 2. The molecule has 5 nitrogen and oxygen atoms in total. The van der Waals surface area contributed by atoms with Crippen molar-refractivity contribution in [3.8, 4) is 5.69 Å². The largest absolute Gasteiger partial charge is 0.396 e. The standard InChI is InChI=1S/C17H20FN3O2/c18-14-3-5-16(6-4-14)21-9-7-15(19-21)10-17(23)20-8-1-2-13(11-20)12-22/h3-7,9,13,22H,1-2,8,10-12H2. The maximum Gasteiger partial charge on any atom is 0.228 e. The van der Waals surface area contributed by atoms with Crippen LogP contribution in [0.4, 0.5) is 4.39 Å². The fourth-order valence-electron chi connectivity index (χ4n) is 2.90. The molecular weight excluding hydrogens is 297 g/mol. The zero-order chi connectivity index (χ0) is 16.2. The number of aliphatic hydroxyl groups is 1. The SMILES string of the molecule is O=C(Cc1ccn(-c2ccc(F)cc2)n1)N1CCCC(CO)C1. The molecule has 1 N–H and O–H groups in total. The van der Waals surface area contributed by atoms with Crippen molar-refractivity contribution in [2.45, 2.75) is 19.3 Å². The molecule has 0 bridgehead atoms. The zero-order valence-electron chi connectivity index (χ0n) is 12.9. The van der Waals surface area contributed by atoms with Gasteiger partial charge in [0.05, 0.1) is 17.8 Å². The van der Waals surface area contributed by atoms with E-state index in [-0.39, 0.29) is 30.7 Å². The molecule has 23 heavy (non-hydrogen) atoms. The number of likely N-dealkylation sites (tertiary alicyclic amines) is 1. The molecule has 1 amide bonds. The van der Waals surface area contributed by atoms with Crippen LogP contribution < -0.4 is 0 Å². The molecule has 1 fully saturated rings. The molecule has 3 rings (SSSR count). The minimum absolute atomic E-state index is 0.0347. The predicted octanol–water partition coefficient (Wildman–Crippen LogP) is 1.78. The van der Waals surface area contributed by atoms with E-state index < -0.39 is 0 Å². The maximum atomic E-state index is 12.9. The second kappa shape index (κ2) is 6.91. The molecule has 0 saturated carbocycles. The highest BCUT2D eigenvalue weighted by Gasteiger charge is 2.23. The van der Waals surface area contributed by atoms with E-state index in [1.165, 1.54) is 12.1 Å². The van der Waals surface area contributed by atoms with E-state index >= 15 is 0 Å². The Morgan fingerprint density at radius 3 is 2.83 bits per heavy atom. The number of hydrogen-bond acceptors (Lipinski definition) is 3. The van der Waals surface area contributed by atoms with Gasteiger partial charge in [0.15, 0.2) is 0 Å². The van der Waals surface area contributed by atoms with Crippen LogP contribution >= 0.6 is 0 Å². The number of aliphatic hydroxyl groups excluding tert-OH is 1. The highest BCUT2D eigenvalue weighted by atomic mass is 19.1. The van der Waals surface area contributed by atoms with E-state index in [2.05, 4.69) is 5.10 Å². The quantitative estimate of drug-likeness (QED) is 0.935. The summed E-state index contributed by atoms with van der Waals surface area (Å²) in [5.74, 6) is -0.0724. The van der Waals surface area contributed by atoms with Gasteiger partial charge in [-0.25, -0.2) is 9.07 Å². The number of carbonyl (C=O) groups excluding carboxylic acids is 1. The summed E-state index contributed by atoms with van der Waals surface area (Å²) in [6.07, 6.45) is 3.91. The third-order valence-electron chi connectivity index (χ3n) is 4.20. The van der Waals surface area contributed by atoms with Crippen LogP contribution in [0.2, 0.25) is 0 Å². The van der Waals surface area contributed by atoms with Gasteiger partial charge in [0.25, 0.3) is 0 Å². The summed E-state index contributed by atoms with van der Waals surface area (Å²) in [5, 5.41) is 13.6. The number of piperidine rings is 1. The van der Waals surface area contributed by atoms with Gasteiger partial charge in [-0.05, 0) is 49.1 Å². The smallest absolute Gasteiger partial charge is 0.228 e. The van der Waals surface area contributed by atoms with Crippen molar-refractivity contribution in [3.63, 3.8) is 0 Å². The Balaban J connectivity index is 1.64.